The Balaban J connectivity index is 1.32. The van der Waals surface area contributed by atoms with Crippen molar-refractivity contribution in [2.45, 2.75) is 25.3 Å². The van der Waals surface area contributed by atoms with Crippen LogP contribution in [-0.4, -0.2) is 47.9 Å². The van der Waals surface area contributed by atoms with Gasteiger partial charge in [-0.1, -0.05) is 0 Å². The van der Waals surface area contributed by atoms with Crippen molar-refractivity contribution < 1.29 is 4.79 Å². The zero-order valence-corrected chi connectivity index (χ0v) is 11.2. The molecule has 20 heavy (non-hydrogen) atoms. The standard InChI is InChI=1S/C15H16N4O/c20-15(16-12-7-19-3-1-8(12)2-4-19)14-11-6-9-5-10(9)13(11)17-18-14/h6,8,12H,1-5,7H2,(H,16,20)/t12-/m0/s1. The Hall–Kier alpha value is -1.75. The maximum Gasteiger partial charge on any atom is 0.272 e. The second-order valence-electron chi connectivity index (χ2n) is 6.35. The van der Waals surface area contributed by atoms with Crippen molar-refractivity contribution in [3.05, 3.63) is 22.8 Å². The van der Waals surface area contributed by atoms with E-state index in [2.05, 4.69) is 26.5 Å². The summed E-state index contributed by atoms with van der Waals surface area (Å²) in [6.07, 6.45) is 5.53. The molecule has 0 saturated carbocycles. The first-order chi connectivity index (χ1) is 9.79. The lowest BCUT2D eigenvalue weighted by molar-refractivity contribution is -0.116. The van der Waals surface area contributed by atoms with E-state index in [0.717, 1.165) is 24.3 Å². The average Bonchev–Trinajstić information content (AvgIpc) is 2.95. The van der Waals surface area contributed by atoms with Crippen molar-refractivity contribution in [3.8, 4) is 0 Å². The number of rotatable bonds is 2. The lowest BCUT2D eigenvalue weighted by Crippen LogP contribution is -2.58. The van der Waals surface area contributed by atoms with Crippen LogP contribution >= 0.6 is 0 Å². The monoisotopic (exact) mass is 268 g/mol. The number of nitrogens with one attached hydrogen (secondary N) is 1. The highest BCUT2D eigenvalue weighted by Gasteiger charge is 2.41. The zero-order valence-electron chi connectivity index (χ0n) is 11.2. The van der Waals surface area contributed by atoms with Crippen LogP contribution in [-0.2, 0) is 4.79 Å². The molecule has 0 unspecified atom stereocenters. The minimum Gasteiger partial charge on any atom is -0.346 e. The van der Waals surface area contributed by atoms with Gasteiger partial charge in [-0.25, -0.2) is 0 Å². The van der Waals surface area contributed by atoms with Crippen molar-refractivity contribution in [1.29, 1.82) is 0 Å². The Kier molecular flexibility index (Phi) is 2.01. The van der Waals surface area contributed by atoms with Crippen LogP contribution in [0.4, 0.5) is 0 Å². The zero-order chi connectivity index (χ0) is 13.3. The number of carbonyl (C=O) groups is 1. The Morgan fingerprint density at radius 3 is 2.90 bits per heavy atom. The lowest BCUT2D eigenvalue weighted by atomic mass is 9.84. The van der Waals surface area contributed by atoms with E-state index in [0.29, 0.717) is 11.6 Å². The third-order valence-electron chi connectivity index (χ3n) is 5.18. The summed E-state index contributed by atoms with van der Waals surface area (Å²) in [7, 11) is 0. The fraction of sp³-hybridized carbons (Fsp3) is 0.533. The highest BCUT2D eigenvalue weighted by molar-refractivity contribution is 6.56. The SMILES string of the molecule is O=C(N[C@H]1CN2CCC1CC2)C1=NN=C2C1=CC1=C2C1. The van der Waals surface area contributed by atoms with Crippen molar-refractivity contribution in [2.24, 2.45) is 16.1 Å². The molecule has 0 spiro atoms. The molecule has 5 nitrogen and oxygen atoms in total. The van der Waals surface area contributed by atoms with Gasteiger partial charge in [-0.05, 0) is 49.1 Å². The summed E-state index contributed by atoms with van der Waals surface area (Å²) in [4.78, 5) is 14.9. The van der Waals surface area contributed by atoms with Crippen LogP contribution in [0.2, 0.25) is 0 Å². The molecule has 0 aromatic rings. The van der Waals surface area contributed by atoms with E-state index in [-0.39, 0.29) is 11.9 Å². The molecule has 1 atom stereocenters. The molecule has 102 valence electrons. The Bertz CT molecular complexity index is 647. The fourth-order valence-electron chi connectivity index (χ4n) is 3.91. The van der Waals surface area contributed by atoms with Gasteiger partial charge in [0.2, 0.25) is 0 Å². The molecule has 6 aliphatic rings. The topological polar surface area (TPSA) is 57.1 Å². The van der Waals surface area contributed by atoms with Gasteiger partial charge in [0, 0.05) is 24.6 Å². The summed E-state index contributed by atoms with van der Waals surface area (Å²) in [5.41, 5.74) is 5.03. The number of carbonyl (C=O) groups excluding carboxylic acids is 1. The number of allylic oxidation sites excluding steroid dienone is 3. The molecular formula is C15H16N4O. The number of amides is 1. The lowest BCUT2D eigenvalue weighted by Gasteiger charge is -2.44. The van der Waals surface area contributed by atoms with Gasteiger partial charge < -0.3 is 10.2 Å². The third-order valence-corrected chi connectivity index (χ3v) is 5.18. The molecule has 0 aromatic heterocycles. The molecular weight excluding hydrogens is 252 g/mol. The second kappa shape index (κ2) is 3.67. The molecule has 3 fully saturated rings. The molecule has 2 aliphatic carbocycles. The summed E-state index contributed by atoms with van der Waals surface area (Å²) in [5, 5.41) is 11.5. The summed E-state index contributed by atoms with van der Waals surface area (Å²) in [5.74, 6) is 0.595. The van der Waals surface area contributed by atoms with Crippen LogP contribution in [0.1, 0.15) is 19.3 Å². The molecule has 6 rings (SSSR count). The van der Waals surface area contributed by atoms with Crippen LogP contribution in [0.25, 0.3) is 0 Å². The largest absolute Gasteiger partial charge is 0.346 e. The maximum atomic E-state index is 12.5. The van der Waals surface area contributed by atoms with Crippen molar-refractivity contribution in [1.82, 2.24) is 10.2 Å². The minimum absolute atomic E-state index is 0.0451. The van der Waals surface area contributed by atoms with E-state index >= 15 is 0 Å². The first kappa shape index (κ1) is 11.0. The van der Waals surface area contributed by atoms with Crippen molar-refractivity contribution >= 4 is 17.3 Å². The normalized spacial score (nSPS) is 36.2. The van der Waals surface area contributed by atoms with Gasteiger partial charge in [-0.15, -0.1) is 10.2 Å². The number of piperidine rings is 3. The quantitative estimate of drug-likeness (QED) is 0.799. The smallest absolute Gasteiger partial charge is 0.272 e. The Labute approximate surface area is 117 Å². The average molecular weight is 268 g/mol. The van der Waals surface area contributed by atoms with Crippen LogP contribution < -0.4 is 5.32 Å². The summed E-state index contributed by atoms with van der Waals surface area (Å²) >= 11 is 0. The molecule has 1 amide bonds. The van der Waals surface area contributed by atoms with Crippen LogP contribution in [0.5, 0.6) is 0 Å². The first-order valence-electron chi connectivity index (χ1n) is 7.43. The summed E-state index contributed by atoms with van der Waals surface area (Å²) in [6, 6.07) is 0.286. The van der Waals surface area contributed by atoms with Gasteiger partial charge in [0.25, 0.3) is 5.91 Å². The molecule has 4 heterocycles. The molecule has 2 bridgehead atoms. The highest BCUT2D eigenvalue weighted by Crippen LogP contribution is 2.43. The fourth-order valence-corrected chi connectivity index (χ4v) is 3.91. The number of hydrogen-bond acceptors (Lipinski definition) is 4. The van der Waals surface area contributed by atoms with Crippen molar-refractivity contribution in [2.75, 3.05) is 19.6 Å². The van der Waals surface area contributed by atoms with E-state index < -0.39 is 0 Å². The van der Waals surface area contributed by atoms with E-state index in [1.54, 1.807) is 0 Å². The maximum absolute atomic E-state index is 12.5. The van der Waals surface area contributed by atoms with Gasteiger partial charge in [-0.2, -0.15) is 0 Å². The second-order valence-corrected chi connectivity index (χ2v) is 6.35. The molecule has 1 N–H and O–H groups in total. The molecule has 0 radical (unpaired) electrons. The van der Waals surface area contributed by atoms with Crippen LogP contribution in [0.3, 0.4) is 0 Å². The van der Waals surface area contributed by atoms with Crippen molar-refractivity contribution in [3.63, 3.8) is 0 Å². The first-order valence-corrected chi connectivity index (χ1v) is 7.43. The van der Waals surface area contributed by atoms with E-state index in [4.69, 9.17) is 0 Å². The minimum atomic E-state index is -0.0451. The number of hydrogen-bond donors (Lipinski definition) is 1. The summed E-state index contributed by atoms with van der Waals surface area (Å²) in [6.45, 7) is 3.37. The van der Waals surface area contributed by atoms with Crippen LogP contribution in [0, 0.1) is 5.92 Å². The van der Waals surface area contributed by atoms with E-state index in [9.17, 15) is 4.79 Å². The van der Waals surface area contributed by atoms with Gasteiger partial charge >= 0.3 is 0 Å². The van der Waals surface area contributed by atoms with Gasteiger partial charge in [0.1, 0.15) is 0 Å². The third kappa shape index (κ3) is 1.44. The van der Waals surface area contributed by atoms with E-state index in [1.807, 2.05) is 0 Å². The summed E-state index contributed by atoms with van der Waals surface area (Å²) < 4.78 is 0. The highest BCUT2D eigenvalue weighted by atomic mass is 16.2. The molecule has 3 saturated heterocycles. The number of nitrogens with zero attached hydrogens (tertiary/aromatic N) is 3. The van der Waals surface area contributed by atoms with E-state index in [1.165, 1.54) is 37.1 Å². The Morgan fingerprint density at radius 1 is 1.30 bits per heavy atom. The predicted octanol–water partition coefficient (Wildman–Crippen LogP) is 0.648. The molecule has 4 aliphatic heterocycles. The van der Waals surface area contributed by atoms with Gasteiger partial charge in [0.05, 0.1) is 5.71 Å². The van der Waals surface area contributed by atoms with Crippen LogP contribution in [0.15, 0.2) is 33.0 Å². The Morgan fingerprint density at radius 2 is 2.15 bits per heavy atom. The number of fused-ring (bicyclic) bond motifs is 5. The van der Waals surface area contributed by atoms with Gasteiger partial charge in [0.15, 0.2) is 5.71 Å². The van der Waals surface area contributed by atoms with Gasteiger partial charge in [-0.3, -0.25) is 4.79 Å². The molecule has 5 heteroatoms. The predicted molar refractivity (Wildman–Crippen MR) is 75.7 cm³/mol. The molecule has 0 aromatic carbocycles.